The SMILES string of the molecule is CCN(CC)[N+](C)=O. The van der Waals surface area contributed by atoms with E-state index in [1.807, 2.05) is 13.8 Å². The number of nitrogens with zero attached hydrogens (tertiary/aromatic N) is 2. The minimum atomic E-state index is 0.788. The van der Waals surface area contributed by atoms with Crippen molar-refractivity contribution < 1.29 is 4.87 Å². The van der Waals surface area contributed by atoms with Crippen LogP contribution >= 0.6 is 0 Å². The molecule has 0 radical (unpaired) electrons. The summed E-state index contributed by atoms with van der Waals surface area (Å²) < 4.78 is 0. The maximum atomic E-state index is 10.4. The van der Waals surface area contributed by atoms with E-state index in [0.29, 0.717) is 0 Å². The molecule has 0 heterocycles. The van der Waals surface area contributed by atoms with E-state index < -0.39 is 0 Å². The summed E-state index contributed by atoms with van der Waals surface area (Å²) in [5.41, 5.74) is 0. The van der Waals surface area contributed by atoms with Crippen LogP contribution in [0.15, 0.2) is 0 Å². The van der Waals surface area contributed by atoms with E-state index in [1.165, 1.54) is 7.05 Å². The summed E-state index contributed by atoms with van der Waals surface area (Å²) in [5, 5.41) is 1.69. The molecular weight excluding hydrogens is 104 g/mol. The fourth-order valence-corrected chi connectivity index (χ4v) is 0.622. The fraction of sp³-hybridized carbons (Fsp3) is 1.00. The van der Waals surface area contributed by atoms with E-state index in [-0.39, 0.29) is 0 Å². The molecule has 0 aromatic rings. The van der Waals surface area contributed by atoms with Gasteiger partial charge in [-0.2, -0.15) is 0 Å². The van der Waals surface area contributed by atoms with Crippen LogP contribution in [0.1, 0.15) is 13.8 Å². The molecule has 0 spiro atoms. The molecule has 3 nitrogen and oxygen atoms in total. The van der Waals surface area contributed by atoms with Gasteiger partial charge in [-0.1, -0.05) is 0 Å². The Morgan fingerprint density at radius 1 is 1.38 bits per heavy atom. The van der Waals surface area contributed by atoms with Crippen LogP contribution in [-0.2, 0) is 0 Å². The van der Waals surface area contributed by atoms with E-state index in [2.05, 4.69) is 0 Å². The minimum Gasteiger partial charge on any atom is -0.142 e. The number of nitroso groups, excluding NO2 is 1. The predicted molar refractivity (Wildman–Crippen MR) is 32.5 cm³/mol. The van der Waals surface area contributed by atoms with Crippen LogP contribution in [0.3, 0.4) is 0 Å². The zero-order chi connectivity index (χ0) is 6.57. The maximum absolute atomic E-state index is 10.4. The number of hydrogen-bond acceptors (Lipinski definition) is 1. The van der Waals surface area contributed by atoms with Crippen LogP contribution in [0.5, 0.6) is 0 Å². The second-order valence-corrected chi connectivity index (χ2v) is 1.60. The average Bonchev–Trinajstić information content (AvgIpc) is 1.69. The lowest BCUT2D eigenvalue weighted by atomic mass is 10.6. The molecule has 0 saturated carbocycles. The summed E-state index contributed by atoms with van der Waals surface area (Å²) in [6.07, 6.45) is 0. The first-order valence-corrected chi connectivity index (χ1v) is 2.88. The molecule has 0 aliphatic rings. The lowest BCUT2D eigenvalue weighted by Crippen LogP contribution is -2.30. The second kappa shape index (κ2) is 3.41. The van der Waals surface area contributed by atoms with Crippen molar-refractivity contribution in [1.82, 2.24) is 5.01 Å². The van der Waals surface area contributed by atoms with Crippen LogP contribution in [0.4, 0.5) is 0 Å². The average molecular weight is 117 g/mol. The zero-order valence-electron chi connectivity index (χ0n) is 5.72. The van der Waals surface area contributed by atoms with Crippen molar-refractivity contribution in [1.29, 1.82) is 0 Å². The molecule has 0 N–H and O–H groups in total. The molecule has 0 amide bonds. The molecule has 0 aromatic carbocycles. The van der Waals surface area contributed by atoms with E-state index in [0.717, 1.165) is 18.0 Å². The highest BCUT2D eigenvalue weighted by Gasteiger charge is 2.06. The molecule has 0 aliphatic carbocycles. The van der Waals surface area contributed by atoms with Gasteiger partial charge in [0, 0.05) is 0 Å². The molecule has 0 rings (SSSR count). The summed E-state index contributed by atoms with van der Waals surface area (Å²) in [7, 11) is 1.51. The summed E-state index contributed by atoms with van der Waals surface area (Å²) in [4.78, 5) is 11.3. The zero-order valence-corrected chi connectivity index (χ0v) is 5.72. The number of rotatable bonds is 3. The number of hydrogen-bond donors (Lipinski definition) is 0. The van der Waals surface area contributed by atoms with E-state index >= 15 is 0 Å². The Bertz CT molecular complexity index is 78.5. The first-order valence-electron chi connectivity index (χ1n) is 2.88. The largest absolute Gasteiger partial charge is 0.216 e. The summed E-state index contributed by atoms with van der Waals surface area (Å²) >= 11 is 0. The van der Waals surface area contributed by atoms with Crippen molar-refractivity contribution in [3.8, 4) is 0 Å². The Balaban J connectivity index is 3.52. The molecule has 48 valence electrons. The van der Waals surface area contributed by atoms with Crippen molar-refractivity contribution in [2.45, 2.75) is 13.8 Å². The first kappa shape index (κ1) is 7.40. The second-order valence-electron chi connectivity index (χ2n) is 1.60. The molecule has 0 aromatic heterocycles. The lowest BCUT2D eigenvalue weighted by molar-refractivity contribution is -0.684. The van der Waals surface area contributed by atoms with Gasteiger partial charge in [-0.3, -0.25) is 0 Å². The van der Waals surface area contributed by atoms with Crippen molar-refractivity contribution in [2.75, 3.05) is 20.1 Å². The van der Waals surface area contributed by atoms with Crippen LogP contribution in [-0.4, -0.2) is 30.0 Å². The summed E-state index contributed by atoms with van der Waals surface area (Å²) in [6.45, 7) is 5.49. The molecule has 0 unspecified atom stereocenters. The lowest BCUT2D eigenvalue weighted by Gasteiger charge is -2.05. The van der Waals surface area contributed by atoms with Gasteiger partial charge >= 0.3 is 0 Å². The van der Waals surface area contributed by atoms with Crippen molar-refractivity contribution in [3.63, 3.8) is 0 Å². The minimum absolute atomic E-state index is 0.788. The van der Waals surface area contributed by atoms with Gasteiger partial charge in [-0.15, -0.1) is 5.01 Å². The van der Waals surface area contributed by atoms with Gasteiger partial charge in [0.25, 0.3) is 0 Å². The van der Waals surface area contributed by atoms with Gasteiger partial charge in [0.1, 0.15) is 4.87 Å². The quantitative estimate of drug-likeness (QED) is 0.400. The standard InChI is InChI=1S/C5H13N2O/c1-4-7(5-2)6(3)8/h4-5H2,1-3H3/q+1. The van der Waals surface area contributed by atoms with Gasteiger partial charge in [-0.05, 0) is 13.8 Å². The van der Waals surface area contributed by atoms with Crippen molar-refractivity contribution in [2.24, 2.45) is 0 Å². The Kier molecular flexibility index (Phi) is 3.15. The van der Waals surface area contributed by atoms with Gasteiger partial charge in [0.15, 0.2) is 0 Å². The smallest absolute Gasteiger partial charge is 0.142 e. The predicted octanol–water partition coefficient (Wildman–Crippen LogP) is 0.652. The Labute approximate surface area is 49.8 Å². The van der Waals surface area contributed by atoms with Gasteiger partial charge in [0.05, 0.1) is 18.0 Å². The molecule has 0 fully saturated rings. The van der Waals surface area contributed by atoms with Gasteiger partial charge in [-0.25, -0.2) is 0 Å². The van der Waals surface area contributed by atoms with Gasteiger partial charge < -0.3 is 0 Å². The summed E-state index contributed by atoms with van der Waals surface area (Å²) in [6, 6.07) is 0. The number of hydrazine groups is 1. The normalized spacial score (nSPS) is 8.88. The Morgan fingerprint density at radius 3 is 1.75 bits per heavy atom. The molecule has 0 bridgehead atoms. The monoisotopic (exact) mass is 117 g/mol. The topological polar surface area (TPSA) is 23.3 Å². The van der Waals surface area contributed by atoms with Crippen LogP contribution in [0.2, 0.25) is 0 Å². The van der Waals surface area contributed by atoms with E-state index in [9.17, 15) is 4.91 Å². The van der Waals surface area contributed by atoms with E-state index in [1.54, 1.807) is 5.01 Å². The van der Waals surface area contributed by atoms with E-state index in [4.69, 9.17) is 0 Å². The highest BCUT2D eigenvalue weighted by molar-refractivity contribution is 4.28. The Hall–Kier alpha value is -0.600. The van der Waals surface area contributed by atoms with Crippen molar-refractivity contribution >= 4 is 0 Å². The molecule has 0 atom stereocenters. The first-order chi connectivity index (χ1) is 3.72. The Morgan fingerprint density at radius 2 is 1.75 bits per heavy atom. The van der Waals surface area contributed by atoms with Crippen LogP contribution in [0.25, 0.3) is 0 Å². The van der Waals surface area contributed by atoms with Crippen LogP contribution < -0.4 is 0 Å². The third-order valence-electron chi connectivity index (χ3n) is 1.13. The molecule has 3 heteroatoms. The van der Waals surface area contributed by atoms with Crippen LogP contribution in [0, 0.1) is 4.91 Å². The van der Waals surface area contributed by atoms with Gasteiger partial charge in [0.2, 0.25) is 7.05 Å². The highest BCUT2D eigenvalue weighted by atomic mass is 16.3. The summed E-state index contributed by atoms with van der Waals surface area (Å²) in [5.74, 6) is 0. The third-order valence-corrected chi connectivity index (χ3v) is 1.13. The van der Waals surface area contributed by atoms with Crippen molar-refractivity contribution in [3.05, 3.63) is 4.91 Å². The molecule has 0 aliphatic heterocycles. The maximum Gasteiger partial charge on any atom is 0.216 e. The highest BCUT2D eigenvalue weighted by Crippen LogP contribution is 1.82. The molecule has 8 heavy (non-hydrogen) atoms. The third kappa shape index (κ3) is 1.91. The fourth-order valence-electron chi connectivity index (χ4n) is 0.622. The molecule has 0 saturated heterocycles. The molecular formula is C5H13N2O+.